The summed E-state index contributed by atoms with van der Waals surface area (Å²) in [6.07, 6.45) is 5.06. The monoisotopic (exact) mass is 301 g/mol. The fourth-order valence-electron chi connectivity index (χ4n) is 1.91. The number of imidazole rings is 1. The number of anilines is 2. The van der Waals surface area contributed by atoms with Crippen LogP contribution in [0.3, 0.4) is 0 Å². The van der Waals surface area contributed by atoms with Gasteiger partial charge in [-0.15, -0.1) is 11.3 Å². The highest BCUT2D eigenvalue weighted by Gasteiger charge is 2.17. The molecule has 0 saturated carbocycles. The molecule has 0 aliphatic rings. The van der Waals surface area contributed by atoms with Crippen LogP contribution in [0, 0.1) is 0 Å². The van der Waals surface area contributed by atoms with Crippen molar-refractivity contribution in [1.82, 2.24) is 24.5 Å². The zero-order valence-electron chi connectivity index (χ0n) is 11.7. The smallest absolute Gasteiger partial charge is 0.241 e. The third kappa shape index (κ3) is 2.70. The average molecular weight is 301 g/mol. The van der Waals surface area contributed by atoms with E-state index in [9.17, 15) is 0 Å². The zero-order chi connectivity index (χ0) is 14.8. The molecule has 0 radical (unpaired) electrons. The summed E-state index contributed by atoms with van der Waals surface area (Å²) in [5.74, 6) is 1.18. The normalized spacial score (nSPS) is 12.3. The van der Waals surface area contributed by atoms with Gasteiger partial charge in [0.05, 0.1) is 6.04 Å². The minimum absolute atomic E-state index is 0.155. The standard InChI is InChI=1S/C13H15N7S/c1-9(10-4-3-7-21-10)19(2)12-16-11(14)17-13(18-12)20-6-5-15-8-20/h3-9H,1-2H3,(H2,14,16,17,18). The van der Waals surface area contributed by atoms with Crippen LogP contribution in [0.2, 0.25) is 0 Å². The van der Waals surface area contributed by atoms with Gasteiger partial charge in [0.2, 0.25) is 17.8 Å². The SMILES string of the molecule is CC(c1cccs1)N(C)c1nc(N)nc(-n2ccnc2)n1. The van der Waals surface area contributed by atoms with Crippen LogP contribution in [0.15, 0.2) is 36.2 Å². The Balaban J connectivity index is 1.95. The van der Waals surface area contributed by atoms with E-state index in [0.717, 1.165) is 0 Å². The van der Waals surface area contributed by atoms with E-state index in [0.29, 0.717) is 11.9 Å². The van der Waals surface area contributed by atoms with Crippen molar-refractivity contribution in [3.63, 3.8) is 0 Å². The molecule has 0 bridgehead atoms. The number of aromatic nitrogens is 5. The van der Waals surface area contributed by atoms with Crippen LogP contribution in [-0.4, -0.2) is 31.6 Å². The van der Waals surface area contributed by atoms with Crippen molar-refractivity contribution < 1.29 is 0 Å². The van der Waals surface area contributed by atoms with Crippen molar-refractivity contribution in [2.75, 3.05) is 17.7 Å². The van der Waals surface area contributed by atoms with Gasteiger partial charge in [0.15, 0.2) is 0 Å². The van der Waals surface area contributed by atoms with Crippen LogP contribution >= 0.6 is 11.3 Å². The molecular weight excluding hydrogens is 286 g/mol. The molecule has 21 heavy (non-hydrogen) atoms. The third-order valence-corrected chi connectivity index (χ3v) is 4.26. The van der Waals surface area contributed by atoms with Crippen molar-refractivity contribution in [3.05, 3.63) is 41.1 Å². The molecule has 3 heterocycles. The van der Waals surface area contributed by atoms with Crippen molar-refractivity contribution in [2.24, 2.45) is 0 Å². The maximum Gasteiger partial charge on any atom is 0.241 e. The lowest BCUT2D eigenvalue weighted by Gasteiger charge is -2.24. The Labute approximate surface area is 126 Å². The largest absolute Gasteiger partial charge is 0.368 e. The van der Waals surface area contributed by atoms with Gasteiger partial charge < -0.3 is 10.6 Å². The molecule has 0 aliphatic heterocycles. The Bertz CT molecular complexity index is 708. The molecule has 0 aromatic carbocycles. The van der Waals surface area contributed by atoms with Gasteiger partial charge in [-0.1, -0.05) is 6.07 Å². The molecule has 3 rings (SSSR count). The molecule has 3 aromatic rings. The molecule has 0 spiro atoms. The van der Waals surface area contributed by atoms with Gasteiger partial charge in [-0.25, -0.2) is 4.98 Å². The average Bonchev–Trinajstić information content (AvgIpc) is 3.17. The van der Waals surface area contributed by atoms with Gasteiger partial charge >= 0.3 is 0 Å². The van der Waals surface area contributed by atoms with Crippen molar-refractivity contribution >= 4 is 23.2 Å². The summed E-state index contributed by atoms with van der Waals surface area (Å²) in [5, 5.41) is 2.05. The summed E-state index contributed by atoms with van der Waals surface area (Å²) < 4.78 is 1.70. The fourth-order valence-corrected chi connectivity index (χ4v) is 2.74. The maximum atomic E-state index is 5.80. The van der Waals surface area contributed by atoms with E-state index in [1.807, 2.05) is 18.0 Å². The first kappa shape index (κ1) is 13.5. The third-order valence-electron chi connectivity index (χ3n) is 3.22. The Morgan fingerprint density at radius 3 is 2.86 bits per heavy atom. The highest BCUT2D eigenvalue weighted by atomic mass is 32.1. The van der Waals surface area contributed by atoms with Gasteiger partial charge in [0, 0.05) is 24.3 Å². The number of nitrogens with two attached hydrogens (primary N) is 1. The number of nitrogen functional groups attached to an aromatic ring is 1. The van der Waals surface area contributed by atoms with E-state index in [2.05, 4.69) is 38.3 Å². The maximum absolute atomic E-state index is 5.80. The van der Waals surface area contributed by atoms with Gasteiger partial charge in [-0.3, -0.25) is 4.57 Å². The fraction of sp³-hybridized carbons (Fsp3) is 0.231. The first-order valence-corrected chi connectivity index (χ1v) is 7.29. The molecule has 1 unspecified atom stereocenters. The number of hydrogen-bond acceptors (Lipinski definition) is 7. The summed E-state index contributed by atoms with van der Waals surface area (Å²) in [7, 11) is 1.94. The lowest BCUT2D eigenvalue weighted by Crippen LogP contribution is -2.24. The topological polar surface area (TPSA) is 85.8 Å². The number of thiophene rings is 1. The lowest BCUT2D eigenvalue weighted by atomic mass is 10.2. The quantitative estimate of drug-likeness (QED) is 0.792. The van der Waals surface area contributed by atoms with E-state index in [4.69, 9.17) is 5.73 Å². The molecule has 0 fully saturated rings. The van der Waals surface area contributed by atoms with Crippen molar-refractivity contribution in [1.29, 1.82) is 0 Å². The van der Waals surface area contributed by atoms with E-state index in [-0.39, 0.29) is 12.0 Å². The van der Waals surface area contributed by atoms with Crippen molar-refractivity contribution in [2.45, 2.75) is 13.0 Å². The van der Waals surface area contributed by atoms with Crippen LogP contribution in [0.5, 0.6) is 0 Å². The van der Waals surface area contributed by atoms with Gasteiger partial charge in [-0.2, -0.15) is 15.0 Å². The summed E-state index contributed by atoms with van der Waals surface area (Å²) in [5.41, 5.74) is 5.80. The second kappa shape index (κ2) is 5.49. The number of rotatable bonds is 4. The minimum atomic E-state index is 0.155. The Morgan fingerprint density at radius 1 is 1.33 bits per heavy atom. The van der Waals surface area contributed by atoms with Crippen LogP contribution in [0.4, 0.5) is 11.9 Å². The predicted molar refractivity (Wildman–Crippen MR) is 82.5 cm³/mol. The highest BCUT2D eigenvalue weighted by Crippen LogP contribution is 2.26. The molecule has 7 nitrogen and oxygen atoms in total. The molecule has 3 aromatic heterocycles. The molecule has 0 amide bonds. The Morgan fingerprint density at radius 2 is 2.19 bits per heavy atom. The molecule has 0 aliphatic carbocycles. The zero-order valence-corrected chi connectivity index (χ0v) is 12.5. The lowest BCUT2D eigenvalue weighted by molar-refractivity contribution is 0.719. The van der Waals surface area contributed by atoms with Gasteiger partial charge in [-0.05, 0) is 18.4 Å². The van der Waals surface area contributed by atoms with E-state index in [1.165, 1.54) is 4.88 Å². The van der Waals surface area contributed by atoms with Gasteiger partial charge in [0.1, 0.15) is 6.33 Å². The Hall–Kier alpha value is -2.48. The number of hydrogen-bond donors (Lipinski definition) is 1. The second-order valence-corrected chi connectivity index (χ2v) is 5.55. The highest BCUT2D eigenvalue weighted by molar-refractivity contribution is 7.10. The molecule has 8 heteroatoms. The van der Waals surface area contributed by atoms with E-state index in [1.54, 1.807) is 34.6 Å². The summed E-state index contributed by atoms with van der Waals surface area (Å²) in [6, 6.07) is 4.28. The van der Waals surface area contributed by atoms with E-state index < -0.39 is 0 Å². The molecule has 108 valence electrons. The molecule has 2 N–H and O–H groups in total. The summed E-state index contributed by atoms with van der Waals surface area (Å²) in [4.78, 5) is 20.0. The predicted octanol–water partition coefficient (Wildman–Crippen LogP) is 1.90. The van der Waals surface area contributed by atoms with E-state index >= 15 is 0 Å². The molecule has 0 saturated heterocycles. The first-order valence-electron chi connectivity index (χ1n) is 6.41. The van der Waals surface area contributed by atoms with Crippen molar-refractivity contribution in [3.8, 4) is 5.95 Å². The minimum Gasteiger partial charge on any atom is -0.368 e. The van der Waals surface area contributed by atoms with Gasteiger partial charge in [0.25, 0.3) is 0 Å². The number of nitrogens with zero attached hydrogens (tertiary/aromatic N) is 6. The van der Waals surface area contributed by atoms with Crippen LogP contribution in [0.25, 0.3) is 5.95 Å². The first-order chi connectivity index (χ1) is 10.1. The molecule has 1 atom stereocenters. The van der Waals surface area contributed by atoms with Crippen LogP contribution < -0.4 is 10.6 Å². The Kier molecular flexibility index (Phi) is 3.53. The second-order valence-electron chi connectivity index (χ2n) is 4.57. The summed E-state index contributed by atoms with van der Waals surface area (Å²) >= 11 is 1.70. The van der Waals surface area contributed by atoms with Crippen LogP contribution in [0.1, 0.15) is 17.8 Å². The summed E-state index contributed by atoms with van der Waals surface area (Å²) in [6.45, 7) is 2.10. The molecular formula is C13H15N7S. The van der Waals surface area contributed by atoms with Crippen LogP contribution in [-0.2, 0) is 0 Å².